The first kappa shape index (κ1) is 19.1. The molecule has 2 aromatic heterocycles. The maximum atomic E-state index is 14.0. The van der Waals surface area contributed by atoms with Gasteiger partial charge in [0.1, 0.15) is 17.1 Å². The van der Waals surface area contributed by atoms with Crippen molar-refractivity contribution in [3.8, 4) is 11.3 Å². The number of nitrogens with one attached hydrogen (secondary N) is 1. The van der Waals surface area contributed by atoms with E-state index in [2.05, 4.69) is 31.3 Å². The SMILES string of the molecule is O=C(Nc1ccc(Br)cc1F)c1cnn2c(C(F)F)cc(-c3ccccc3)nc12. The Hall–Kier alpha value is -3.20. The zero-order chi connectivity index (χ0) is 20.5. The molecule has 2 aromatic carbocycles. The smallest absolute Gasteiger partial charge is 0.280 e. The third-order valence-electron chi connectivity index (χ3n) is 4.22. The minimum atomic E-state index is -2.83. The molecule has 146 valence electrons. The summed E-state index contributed by atoms with van der Waals surface area (Å²) in [5, 5.41) is 6.31. The Bertz CT molecular complexity index is 1210. The lowest BCUT2D eigenvalue weighted by molar-refractivity contribution is 0.102. The van der Waals surface area contributed by atoms with Gasteiger partial charge in [-0.05, 0) is 24.3 Å². The number of halogens is 4. The molecule has 0 bridgehead atoms. The number of nitrogens with zero attached hydrogens (tertiary/aromatic N) is 3. The summed E-state index contributed by atoms with van der Waals surface area (Å²) in [6.07, 6.45) is -1.70. The largest absolute Gasteiger partial charge is 0.319 e. The molecule has 1 amide bonds. The van der Waals surface area contributed by atoms with E-state index in [9.17, 15) is 18.0 Å². The monoisotopic (exact) mass is 460 g/mol. The van der Waals surface area contributed by atoms with Gasteiger partial charge in [-0.25, -0.2) is 22.7 Å². The number of alkyl halides is 2. The number of anilines is 1. The fourth-order valence-corrected chi connectivity index (χ4v) is 3.17. The molecule has 0 aliphatic heterocycles. The van der Waals surface area contributed by atoms with E-state index in [1.165, 1.54) is 18.2 Å². The Labute approximate surface area is 171 Å². The van der Waals surface area contributed by atoms with E-state index in [0.717, 1.165) is 10.7 Å². The van der Waals surface area contributed by atoms with Gasteiger partial charge in [0.05, 0.1) is 17.6 Å². The Balaban J connectivity index is 1.80. The van der Waals surface area contributed by atoms with E-state index in [-0.39, 0.29) is 22.6 Å². The molecule has 29 heavy (non-hydrogen) atoms. The molecule has 0 saturated heterocycles. The number of amides is 1. The summed E-state index contributed by atoms with van der Waals surface area (Å²) >= 11 is 3.14. The van der Waals surface area contributed by atoms with E-state index >= 15 is 0 Å². The molecule has 2 heterocycles. The number of rotatable bonds is 4. The Morgan fingerprint density at radius 3 is 2.55 bits per heavy atom. The quantitative estimate of drug-likeness (QED) is 0.438. The van der Waals surface area contributed by atoms with Gasteiger partial charge in [-0.1, -0.05) is 46.3 Å². The van der Waals surface area contributed by atoms with Crippen molar-refractivity contribution in [2.75, 3.05) is 5.32 Å². The van der Waals surface area contributed by atoms with Gasteiger partial charge in [0.25, 0.3) is 12.3 Å². The second-order valence-corrected chi connectivity index (χ2v) is 7.02. The number of carbonyl (C=O) groups is 1. The van der Waals surface area contributed by atoms with E-state index in [4.69, 9.17) is 0 Å². The molecule has 4 aromatic rings. The van der Waals surface area contributed by atoms with Crippen LogP contribution >= 0.6 is 15.9 Å². The zero-order valence-electron chi connectivity index (χ0n) is 14.6. The molecule has 0 spiro atoms. The number of hydrogen-bond acceptors (Lipinski definition) is 3. The van der Waals surface area contributed by atoms with Crippen LogP contribution in [0.25, 0.3) is 16.9 Å². The first-order valence-corrected chi connectivity index (χ1v) is 9.22. The molecule has 0 aliphatic carbocycles. The number of benzene rings is 2. The van der Waals surface area contributed by atoms with Gasteiger partial charge >= 0.3 is 0 Å². The molecular formula is C20H12BrF3N4O. The van der Waals surface area contributed by atoms with Crippen LogP contribution in [0.4, 0.5) is 18.9 Å². The van der Waals surface area contributed by atoms with Crippen LogP contribution < -0.4 is 5.32 Å². The minimum Gasteiger partial charge on any atom is -0.319 e. The highest BCUT2D eigenvalue weighted by Crippen LogP contribution is 2.27. The molecule has 1 N–H and O–H groups in total. The third kappa shape index (κ3) is 3.73. The highest BCUT2D eigenvalue weighted by atomic mass is 79.9. The van der Waals surface area contributed by atoms with Gasteiger partial charge in [-0.2, -0.15) is 5.10 Å². The normalized spacial score (nSPS) is 11.2. The molecule has 0 radical (unpaired) electrons. The Morgan fingerprint density at radius 2 is 1.86 bits per heavy atom. The van der Waals surface area contributed by atoms with Crippen molar-refractivity contribution < 1.29 is 18.0 Å². The van der Waals surface area contributed by atoms with Crippen molar-refractivity contribution in [3.63, 3.8) is 0 Å². The lowest BCUT2D eigenvalue weighted by Crippen LogP contribution is -2.13. The molecule has 0 aliphatic rings. The van der Waals surface area contributed by atoms with Crippen LogP contribution in [-0.2, 0) is 0 Å². The predicted molar refractivity (Wildman–Crippen MR) is 105 cm³/mol. The van der Waals surface area contributed by atoms with Crippen LogP contribution in [0.2, 0.25) is 0 Å². The summed E-state index contributed by atoms with van der Waals surface area (Å²) in [5.41, 5.74) is 0.346. The van der Waals surface area contributed by atoms with Crippen molar-refractivity contribution in [3.05, 3.63) is 82.3 Å². The van der Waals surface area contributed by atoms with Crippen LogP contribution in [0.5, 0.6) is 0 Å². The molecule has 9 heteroatoms. The van der Waals surface area contributed by atoms with Crippen molar-refractivity contribution in [1.82, 2.24) is 14.6 Å². The molecule has 0 unspecified atom stereocenters. The first-order chi connectivity index (χ1) is 13.9. The number of aromatic nitrogens is 3. The maximum Gasteiger partial charge on any atom is 0.280 e. The van der Waals surface area contributed by atoms with Gasteiger partial charge in [0.15, 0.2) is 5.65 Å². The predicted octanol–water partition coefficient (Wildman–Crippen LogP) is 5.49. The van der Waals surface area contributed by atoms with Gasteiger partial charge in [-0.3, -0.25) is 4.79 Å². The van der Waals surface area contributed by atoms with Gasteiger partial charge in [-0.15, -0.1) is 0 Å². The number of carbonyl (C=O) groups excluding carboxylic acids is 1. The van der Waals surface area contributed by atoms with Crippen molar-refractivity contribution in [2.45, 2.75) is 6.43 Å². The second-order valence-electron chi connectivity index (χ2n) is 6.10. The van der Waals surface area contributed by atoms with Crippen LogP contribution in [0.3, 0.4) is 0 Å². The average molecular weight is 461 g/mol. The number of fused-ring (bicyclic) bond motifs is 1. The van der Waals surface area contributed by atoms with E-state index < -0.39 is 23.8 Å². The van der Waals surface area contributed by atoms with Crippen LogP contribution in [0.15, 0.2) is 65.3 Å². The Kier molecular flexibility index (Phi) is 5.06. The lowest BCUT2D eigenvalue weighted by Gasteiger charge is -2.09. The summed E-state index contributed by atoms with van der Waals surface area (Å²) < 4.78 is 42.7. The standard InChI is InChI=1S/C20H12BrF3N4O/c21-12-6-7-15(14(22)8-12)27-20(29)13-10-25-28-17(18(23)24)9-16(26-19(13)28)11-4-2-1-3-5-11/h1-10,18H,(H,27,29). The van der Waals surface area contributed by atoms with E-state index in [0.29, 0.717) is 10.0 Å². The zero-order valence-corrected chi connectivity index (χ0v) is 16.2. The third-order valence-corrected chi connectivity index (χ3v) is 4.71. The van der Waals surface area contributed by atoms with Crippen molar-refractivity contribution in [2.24, 2.45) is 0 Å². The van der Waals surface area contributed by atoms with Crippen molar-refractivity contribution in [1.29, 1.82) is 0 Å². The average Bonchev–Trinajstić information content (AvgIpc) is 3.14. The van der Waals surface area contributed by atoms with Crippen LogP contribution in [-0.4, -0.2) is 20.5 Å². The van der Waals surface area contributed by atoms with Gasteiger partial charge in [0.2, 0.25) is 0 Å². The maximum absolute atomic E-state index is 14.0. The summed E-state index contributed by atoms with van der Waals surface area (Å²) in [6.45, 7) is 0. The van der Waals surface area contributed by atoms with Crippen molar-refractivity contribution >= 4 is 33.2 Å². The molecular weight excluding hydrogens is 449 g/mol. The second kappa shape index (κ2) is 7.67. The highest BCUT2D eigenvalue weighted by molar-refractivity contribution is 9.10. The molecule has 0 saturated carbocycles. The summed E-state index contributed by atoms with van der Waals surface area (Å²) in [5.74, 6) is -1.35. The fraction of sp³-hybridized carbons (Fsp3) is 0.0500. The van der Waals surface area contributed by atoms with Crippen LogP contribution in [0, 0.1) is 5.82 Å². The topological polar surface area (TPSA) is 59.3 Å². The molecule has 0 atom stereocenters. The number of hydrogen-bond donors (Lipinski definition) is 1. The Morgan fingerprint density at radius 1 is 1.10 bits per heavy atom. The van der Waals surface area contributed by atoms with E-state index in [1.807, 2.05) is 0 Å². The summed E-state index contributed by atoms with van der Waals surface area (Å²) in [7, 11) is 0. The van der Waals surface area contributed by atoms with E-state index in [1.54, 1.807) is 36.4 Å². The van der Waals surface area contributed by atoms with Gasteiger partial charge in [0, 0.05) is 10.0 Å². The van der Waals surface area contributed by atoms with Crippen LogP contribution in [0.1, 0.15) is 22.5 Å². The highest BCUT2D eigenvalue weighted by Gasteiger charge is 2.22. The molecule has 0 fully saturated rings. The minimum absolute atomic E-state index is 0.0447. The summed E-state index contributed by atoms with van der Waals surface area (Å²) in [6, 6.07) is 14.1. The fourth-order valence-electron chi connectivity index (χ4n) is 2.84. The lowest BCUT2D eigenvalue weighted by atomic mass is 10.1. The molecule has 4 rings (SSSR count). The molecule has 5 nitrogen and oxygen atoms in total. The summed E-state index contributed by atoms with van der Waals surface area (Å²) in [4.78, 5) is 17.0. The first-order valence-electron chi connectivity index (χ1n) is 8.42. The van der Waals surface area contributed by atoms with Gasteiger partial charge < -0.3 is 5.32 Å².